The summed E-state index contributed by atoms with van der Waals surface area (Å²) in [5.41, 5.74) is 2.01. The molecule has 0 heterocycles. The standard InChI is InChI=1S/C17H29NO/c1-6-16(7-2)18(11-13(3)4)12-15-10-8-9-14(5)17(15)19/h8-10,13,16,19H,6-7,11-12H2,1-5H3. The molecule has 0 aliphatic heterocycles. The molecule has 0 aliphatic rings. The van der Waals surface area contributed by atoms with Crippen molar-refractivity contribution < 1.29 is 5.11 Å². The van der Waals surface area contributed by atoms with E-state index in [4.69, 9.17) is 0 Å². The molecule has 2 heteroatoms. The van der Waals surface area contributed by atoms with E-state index < -0.39 is 0 Å². The number of aryl methyl sites for hydroxylation is 1. The van der Waals surface area contributed by atoms with Gasteiger partial charge in [0.1, 0.15) is 5.75 Å². The van der Waals surface area contributed by atoms with Gasteiger partial charge in [-0.25, -0.2) is 0 Å². The van der Waals surface area contributed by atoms with E-state index in [1.54, 1.807) is 0 Å². The van der Waals surface area contributed by atoms with E-state index in [1.165, 1.54) is 0 Å². The van der Waals surface area contributed by atoms with Crippen LogP contribution in [0.1, 0.15) is 51.7 Å². The molecule has 1 aromatic rings. The number of nitrogens with zero attached hydrogens (tertiary/aromatic N) is 1. The van der Waals surface area contributed by atoms with Crippen molar-refractivity contribution in [2.24, 2.45) is 5.92 Å². The molecule has 0 bridgehead atoms. The van der Waals surface area contributed by atoms with Gasteiger partial charge in [-0.15, -0.1) is 0 Å². The number of hydrogen-bond acceptors (Lipinski definition) is 2. The van der Waals surface area contributed by atoms with E-state index in [0.29, 0.717) is 17.7 Å². The fourth-order valence-electron chi connectivity index (χ4n) is 2.68. The van der Waals surface area contributed by atoms with E-state index in [0.717, 1.165) is 37.1 Å². The molecular weight excluding hydrogens is 234 g/mol. The zero-order valence-electron chi connectivity index (χ0n) is 13.1. The number of para-hydroxylation sites is 1. The Kier molecular flexibility index (Phi) is 6.36. The summed E-state index contributed by atoms with van der Waals surface area (Å²) in [6.07, 6.45) is 2.32. The average Bonchev–Trinajstić information content (AvgIpc) is 2.35. The van der Waals surface area contributed by atoms with Gasteiger partial charge in [0.2, 0.25) is 0 Å². The lowest BCUT2D eigenvalue weighted by atomic mass is 10.0. The van der Waals surface area contributed by atoms with E-state index in [1.807, 2.05) is 25.1 Å². The summed E-state index contributed by atoms with van der Waals surface area (Å²) in [6.45, 7) is 12.9. The van der Waals surface area contributed by atoms with Crippen molar-refractivity contribution in [2.45, 2.75) is 60.0 Å². The number of hydrogen-bond donors (Lipinski definition) is 1. The molecule has 0 amide bonds. The van der Waals surface area contributed by atoms with Crippen LogP contribution in [0.2, 0.25) is 0 Å². The van der Waals surface area contributed by atoms with Crippen LogP contribution in [-0.2, 0) is 6.54 Å². The number of phenolic OH excluding ortho intramolecular Hbond substituents is 1. The van der Waals surface area contributed by atoms with Crippen molar-refractivity contribution in [2.75, 3.05) is 6.54 Å². The molecule has 0 radical (unpaired) electrons. The van der Waals surface area contributed by atoms with Gasteiger partial charge in [-0.05, 0) is 31.2 Å². The highest BCUT2D eigenvalue weighted by molar-refractivity contribution is 5.39. The Morgan fingerprint density at radius 3 is 2.32 bits per heavy atom. The summed E-state index contributed by atoms with van der Waals surface area (Å²) in [5, 5.41) is 10.2. The highest BCUT2D eigenvalue weighted by Crippen LogP contribution is 2.25. The largest absolute Gasteiger partial charge is 0.507 e. The van der Waals surface area contributed by atoms with Gasteiger partial charge >= 0.3 is 0 Å². The fourth-order valence-corrected chi connectivity index (χ4v) is 2.68. The SMILES string of the molecule is CCC(CC)N(Cc1cccc(C)c1O)CC(C)C. The summed E-state index contributed by atoms with van der Waals surface area (Å²) >= 11 is 0. The van der Waals surface area contributed by atoms with Crippen LogP contribution in [0.5, 0.6) is 5.75 Å². The van der Waals surface area contributed by atoms with Crippen LogP contribution in [0, 0.1) is 12.8 Å². The van der Waals surface area contributed by atoms with Crippen molar-refractivity contribution in [3.05, 3.63) is 29.3 Å². The van der Waals surface area contributed by atoms with E-state index in [2.05, 4.69) is 32.6 Å². The molecule has 1 rings (SSSR count). The normalized spacial score (nSPS) is 11.8. The maximum Gasteiger partial charge on any atom is 0.122 e. The summed E-state index contributed by atoms with van der Waals surface area (Å²) in [5.74, 6) is 1.11. The third-order valence-corrected chi connectivity index (χ3v) is 3.75. The molecule has 1 N–H and O–H groups in total. The van der Waals surface area contributed by atoms with E-state index in [-0.39, 0.29) is 0 Å². The molecule has 1 aromatic carbocycles. The molecule has 0 spiro atoms. The van der Waals surface area contributed by atoms with Gasteiger partial charge in [0, 0.05) is 24.7 Å². The summed E-state index contributed by atoms with van der Waals surface area (Å²) in [7, 11) is 0. The Labute approximate surface area is 118 Å². The fraction of sp³-hybridized carbons (Fsp3) is 0.647. The molecular formula is C17H29NO. The Bertz CT molecular complexity index is 383. The lowest BCUT2D eigenvalue weighted by Gasteiger charge is -2.32. The first-order valence-electron chi connectivity index (χ1n) is 7.51. The second-order valence-electron chi connectivity index (χ2n) is 5.88. The van der Waals surface area contributed by atoms with Crippen LogP contribution in [0.15, 0.2) is 18.2 Å². The smallest absolute Gasteiger partial charge is 0.122 e. The van der Waals surface area contributed by atoms with Crippen LogP contribution in [0.4, 0.5) is 0 Å². The van der Waals surface area contributed by atoms with Crippen molar-refractivity contribution in [3.63, 3.8) is 0 Å². The summed E-state index contributed by atoms with van der Waals surface area (Å²) in [6, 6.07) is 6.63. The van der Waals surface area contributed by atoms with Crippen LogP contribution >= 0.6 is 0 Å². The van der Waals surface area contributed by atoms with Gasteiger partial charge in [0.05, 0.1) is 0 Å². The minimum Gasteiger partial charge on any atom is -0.507 e. The van der Waals surface area contributed by atoms with Gasteiger partial charge in [0.15, 0.2) is 0 Å². The zero-order chi connectivity index (χ0) is 14.4. The quantitative estimate of drug-likeness (QED) is 0.790. The Morgan fingerprint density at radius 1 is 1.16 bits per heavy atom. The minimum atomic E-state index is 0.460. The number of benzene rings is 1. The van der Waals surface area contributed by atoms with Crippen LogP contribution in [0.3, 0.4) is 0 Å². The lowest BCUT2D eigenvalue weighted by Crippen LogP contribution is -2.36. The molecule has 19 heavy (non-hydrogen) atoms. The zero-order valence-corrected chi connectivity index (χ0v) is 13.1. The first-order valence-corrected chi connectivity index (χ1v) is 7.51. The monoisotopic (exact) mass is 263 g/mol. The molecule has 0 fully saturated rings. The molecule has 0 saturated carbocycles. The molecule has 0 atom stereocenters. The average molecular weight is 263 g/mol. The second-order valence-corrected chi connectivity index (χ2v) is 5.88. The van der Waals surface area contributed by atoms with Gasteiger partial charge in [-0.2, -0.15) is 0 Å². The molecule has 108 valence electrons. The maximum atomic E-state index is 10.2. The Morgan fingerprint density at radius 2 is 1.79 bits per heavy atom. The third kappa shape index (κ3) is 4.54. The molecule has 0 aliphatic carbocycles. The number of rotatable bonds is 7. The minimum absolute atomic E-state index is 0.460. The molecule has 0 saturated heterocycles. The van der Waals surface area contributed by atoms with Crippen LogP contribution in [0.25, 0.3) is 0 Å². The van der Waals surface area contributed by atoms with Gasteiger partial charge in [-0.1, -0.05) is 45.9 Å². The van der Waals surface area contributed by atoms with Gasteiger partial charge in [-0.3, -0.25) is 4.90 Å². The first-order chi connectivity index (χ1) is 8.99. The number of aromatic hydroxyl groups is 1. The van der Waals surface area contributed by atoms with E-state index >= 15 is 0 Å². The topological polar surface area (TPSA) is 23.5 Å². The van der Waals surface area contributed by atoms with Crippen molar-refractivity contribution in [3.8, 4) is 5.75 Å². The van der Waals surface area contributed by atoms with Crippen LogP contribution in [-0.4, -0.2) is 22.6 Å². The first kappa shape index (κ1) is 16.0. The summed E-state index contributed by atoms with van der Waals surface area (Å²) < 4.78 is 0. The van der Waals surface area contributed by atoms with Crippen LogP contribution < -0.4 is 0 Å². The summed E-state index contributed by atoms with van der Waals surface area (Å²) in [4.78, 5) is 2.51. The third-order valence-electron chi connectivity index (χ3n) is 3.75. The Hall–Kier alpha value is -1.02. The number of phenols is 1. The molecule has 0 aromatic heterocycles. The predicted molar refractivity (Wildman–Crippen MR) is 82.5 cm³/mol. The van der Waals surface area contributed by atoms with Gasteiger partial charge < -0.3 is 5.11 Å². The van der Waals surface area contributed by atoms with E-state index in [9.17, 15) is 5.11 Å². The molecule has 0 unspecified atom stereocenters. The second kappa shape index (κ2) is 7.54. The highest BCUT2D eigenvalue weighted by atomic mass is 16.3. The maximum absolute atomic E-state index is 10.2. The van der Waals surface area contributed by atoms with Crippen molar-refractivity contribution in [1.29, 1.82) is 0 Å². The van der Waals surface area contributed by atoms with Crippen molar-refractivity contribution >= 4 is 0 Å². The Balaban J connectivity index is 2.90. The lowest BCUT2D eigenvalue weighted by molar-refractivity contribution is 0.156. The molecule has 2 nitrogen and oxygen atoms in total. The highest BCUT2D eigenvalue weighted by Gasteiger charge is 2.18. The van der Waals surface area contributed by atoms with Crippen molar-refractivity contribution in [1.82, 2.24) is 4.90 Å². The predicted octanol–water partition coefficient (Wildman–Crippen LogP) is 4.35. The van der Waals surface area contributed by atoms with Gasteiger partial charge in [0.25, 0.3) is 0 Å².